The molecular formula is C22H21F3N2O6. The first-order valence-corrected chi connectivity index (χ1v) is 9.85. The van der Waals surface area contributed by atoms with Gasteiger partial charge in [-0.25, -0.2) is 9.59 Å². The fourth-order valence-corrected chi connectivity index (χ4v) is 3.63. The Hall–Kier alpha value is -3.60. The van der Waals surface area contributed by atoms with Crippen molar-refractivity contribution in [1.82, 2.24) is 10.6 Å². The summed E-state index contributed by atoms with van der Waals surface area (Å²) in [5.41, 5.74) is 4.06. The van der Waals surface area contributed by atoms with Crippen LogP contribution in [0.4, 0.5) is 18.0 Å². The number of amides is 2. The Morgan fingerprint density at radius 3 is 2.06 bits per heavy atom. The first kappa shape index (κ1) is 24.1. The minimum absolute atomic E-state index is 0.00112. The summed E-state index contributed by atoms with van der Waals surface area (Å²) in [5, 5.41) is 12.3. The van der Waals surface area contributed by atoms with Gasteiger partial charge in [0.1, 0.15) is 6.61 Å². The van der Waals surface area contributed by atoms with Crippen LogP contribution in [0.3, 0.4) is 0 Å². The predicted octanol–water partition coefficient (Wildman–Crippen LogP) is 2.67. The molecule has 2 aromatic carbocycles. The van der Waals surface area contributed by atoms with Crippen molar-refractivity contribution in [1.29, 1.82) is 0 Å². The van der Waals surface area contributed by atoms with E-state index in [4.69, 9.17) is 14.6 Å². The van der Waals surface area contributed by atoms with Crippen LogP contribution in [0, 0.1) is 0 Å². The van der Waals surface area contributed by atoms with Crippen molar-refractivity contribution in [2.45, 2.75) is 24.2 Å². The number of nitrogens with one attached hydrogen (secondary N) is 2. The Morgan fingerprint density at radius 2 is 1.58 bits per heavy atom. The third-order valence-electron chi connectivity index (χ3n) is 5.21. The lowest BCUT2D eigenvalue weighted by Gasteiger charge is -2.21. The van der Waals surface area contributed by atoms with Crippen molar-refractivity contribution in [3.8, 4) is 11.1 Å². The molecule has 3 N–H and O–H groups in total. The molecule has 0 heterocycles. The second kappa shape index (κ2) is 9.90. The van der Waals surface area contributed by atoms with E-state index in [0.29, 0.717) is 0 Å². The van der Waals surface area contributed by atoms with Crippen LogP contribution in [0.15, 0.2) is 48.5 Å². The van der Waals surface area contributed by atoms with Crippen molar-refractivity contribution in [2.75, 3.05) is 20.3 Å². The number of rotatable bonds is 8. The number of hydrogen-bond acceptors (Lipinski definition) is 5. The molecule has 1 aliphatic rings. The molecular weight excluding hydrogens is 445 g/mol. The summed E-state index contributed by atoms with van der Waals surface area (Å²) >= 11 is 0. The summed E-state index contributed by atoms with van der Waals surface area (Å²) in [5.74, 6) is -3.82. The molecule has 0 saturated carbocycles. The van der Waals surface area contributed by atoms with Crippen molar-refractivity contribution >= 4 is 18.0 Å². The van der Waals surface area contributed by atoms with Gasteiger partial charge < -0.3 is 25.2 Å². The minimum atomic E-state index is -5.19. The van der Waals surface area contributed by atoms with E-state index in [0.717, 1.165) is 29.4 Å². The first-order valence-electron chi connectivity index (χ1n) is 9.85. The second-order valence-electron chi connectivity index (χ2n) is 7.25. The molecule has 1 aliphatic carbocycles. The summed E-state index contributed by atoms with van der Waals surface area (Å²) in [6.45, 7) is -0.526. The molecule has 11 heteroatoms. The maximum absolute atomic E-state index is 12.7. The largest absolute Gasteiger partial charge is 0.479 e. The van der Waals surface area contributed by atoms with E-state index in [-0.39, 0.29) is 12.5 Å². The molecule has 2 aromatic rings. The zero-order valence-corrected chi connectivity index (χ0v) is 17.4. The fraction of sp³-hybridized carbons (Fsp3) is 0.318. The molecule has 3 rings (SSSR count). The van der Waals surface area contributed by atoms with E-state index >= 15 is 0 Å². The monoisotopic (exact) mass is 466 g/mol. The van der Waals surface area contributed by atoms with E-state index in [1.165, 1.54) is 5.32 Å². The van der Waals surface area contributed by atoms with Crippen molar-refractivity contribution in [2.24, 2.45) is 0 Å². The second-order valence-corrected chi connectivity index (χ2v) is 7.25. The van der Waals surface area contributed by atoms with Gasteiger partial charge in [0, 0.05) is 13.0 Å². The van der Waals surface area contributed by atoms with Gasteiger partial charge in [-0.15, -0.1) is 0 Å². The maximum Gasteiger partial charge on any atom is 0.419 e. The molecule has 0 fully saturated rings. The normalized spacial score (nSPS) is 14.5. The minimum Gasteiger partial charge on any atom is -0.479 e. The maximum atomic E-state index is 12.7. The van der Waals surface area contributed by atoms with Gasteiger partial charge >= 0.3 is 18.2 Å². The molecule has 0 aliphatic heterocycles. The topological polar surface area (TPSA) is 114 Å². The summed E-state index contributed by atoms with van der Waals surface area (Å²) < 4.78 is 48.3. The van der Waals surface area contributed by atoms with Gasteiger partial charge in [-0.3, -0.25) is 4.79 Å². The third-order valence-corrected chi connectivity index (χ3v) is 5.21. The lowest BCUT2D eigenvalue weighted by Crippen LogP contribution is -2.55. The van der Waals surface area contributed by atoms with Crippen LogP contribution in [-0.4, -0.2) is 61.7 Å². The summed E-state index contributed by atoms with van der Waals surface area (Å²) in [4.78, 5) is 34.9. The van der Waals surface area contributed by atoms with E-state index in [2.05, 4.69) is 5.32 Å². The third kappa shape index (κ3) is 5.43. The lowest BCUT2D eigenvalue weighted by atomic mass is 9.98. The number of carboxylic acids is 1. The molecule has 0 aromatic heterocycles. The Bertz CT molecular complexity index is 997. The Labute approximate surface area is 186 Å². The molecule has 0 bridgehead atoms. The van der Waals surface area contributed by atoms with Gasteiger partial charge in [0.15, 0.2) is 6.10 Å². The first-order chi connectivity index (χ1) is 15.6. The number of carbonyl (C=O) groups is 3. The van der Waals surface area contributed by atoms with Crippen LogP contribution < -0.4 is 10.6 Å². The molecule has 176 valence electrons. The molecule has 8 nitrogen and oxygen atoms in total. The molecule has 2 atom stereocenters. The average molecular weight is 466 g/mol. The number of fused-ring (bicyclic) bond motifs is 3. The molecule has 0 spiro atoms. The Morgan fingerprint density at radius 1 is 1.03 bits per heavy atom. The molecule has 0 saturated heterocycles. The number of methoxy groups -OCH3 is 1. The summed E-state index contributed by atoms with van der Waals surface area (Å²) in [6.07, 6.45) is -7.66. The Balaban J connectivity index is 1.57. The number of carbonyl (C=O) groups excluding carboxylic acids is 2. The van der Waals surface area contributed by atoms with Crippen molar-refractivity contribution in [3.63, 3.8) is 0 Å². The average Bonchev–Trinajstić information content (AvgIpc) is 3.09. The number of halogens is 3. The zero-order chi connectivity index (χ0) is 24.2. The fourth-order valence-electron chi connectivity index (χ4n) is 3.63. The number of hydrogen-bond donors (Lipinski definition) is 3. The number of aliphatic carboxylic acids is 1. The van der Waals surface area contributed by atoms with Gasteiger partial charge in [-0.05, 0) is 22.3 Å². The Kier molecular flexibility index (Phi) is 7.22. The highest BCUT2D eigenvalue weighted by Gasteiger charge is 2.47. The van der Waals surface area contributed by atoms with E-state index < -0.39 is 42.8 Å². The number of carboxylic acid groups (broad SMARTS) is 1. The van der Waals surface area contributed by atoms with Crippen LogP contribution in [0.5, 0.6) is 0 Å². The van der Waals surface area contributed by atoms with Gasteiger partial charge in [0.2, 0.25) is 6.04 Å². The van der Waals surface area contributed by atoms with Crippen molar-refractivity contribution < 1.29 is 42.1 Å². The van der Waals surface area contributed by atoms with Crippen LogP contribution in [-0.2, 0) is 19.1 Å². The lowest BCUT2D eigenvalue weighted by molar-refractivity contribution is -0.183. The van der Waals surface area contributed by atoms with Crippen molar-refractivity contribution in [3.05, 3.63) is 59.7 Å². The number of benzene rings is 2. The smallest absolute Gasteiger partial charge is 0.419 e. The number of ether oxygens (including phenoxy) is 2. The van der Waals surface area contributed by atoms with Gasteiger partial charge in [0.05, 0.1) is 6.54 Å². The molecule has 2 amide bonds. The van der Waals surface area contributed by atoms with Crippen LogP contribution in [0.2, 0.25) is 0 Å². The SMILES string of the molecule is COC(CNC(=O)OCC1c2ccccc2-c2ccccc21)C(=O)NC(C(=O)O)C(F)(F)F. The van der Waals surface area contributed by atoms with Gasteiger partial charge in [-0.1, -0.05) is 48.5 Å². The van der Waals surface area contributed by atoms with E-state index in [1.54, 1.807) is 0 Å². The van der Waals surface area contributed by atoms with E-state index in [9.17, 15) is 27.6 Å². The molecule has 0 radical (unpaired) electrons. The van der Waals surface area contributed by atoms with Gasteiger partial charge in [-0.2, -0.15) is 13.2 Å². The number of alkyl halides is 3. The number of alkyl carbamates (subject to hydrolysis) is 1. The quantitative estimate of drug-likeness (QED) is 0.551. The highest BCUT2D eigenvalue weighted by Crippen LogP contribution is 2.44. The van der Waals surface area contributed by atoms with Crippen LogP contribution in [0.25, 0.3) is 11.1 Å². The summed E-state index contributed by atoms with van der Waals surface area (Å²) in [6, 6.07) is 12.3. The standard InChI is InChI=1S/C22H21F3N2O6/c1-32-17(19(28)27-18(20(29)30)22(23,24)25)10-26-21(31)33-11-16-14-8-4-2-6-12(14)13-7-3-5-9-15(13)16/h2-9,16-18H,10-11H2,1H3,(H,26,31)(H,27,28)(H,29,30). The van der Waals surface area contributed by atoms with E-state index in [1.807, 2.05) is 48.5 Å². The van der Waals surface area contributed by atoms with Gasteiger partial charge in [0.25, 0.3) is 5.91 Å². The molecule has 2 unspecified atom stereocenters. The van der Waals surface area contributed by atoms with Crippen LogP contribution >= 0.6 is 0 Å². The predicted molar refractivity (Wildman–Crippen MR) is 109 cm³/mol. The summed E-state index contributed by atoms with van der Waals surface area (Å²) in [7, 11) is 1.03. The van der Waals surface area contributed by atoms with Crippen LogP contribution in [0.1, 0.15) is 17.0 Å². The zero-order valence-electron chi connectivity index (χ0n) is 17.4. The molecule has 33 heavy (non-hydrogen) atoms. The highest BCUT2D eigenvalue weighted by atomic mass is 19.4. The highest BCUT2D eigenvalue weighted by molar-refractivity contribution is 5.87.